The molecule has 5 rings (SSSR count). The number of pyridine rings is 1. The monoisotopic (exact) mass is 401 g/mol. The van der Waals surface area contributed by atoms with Crippen LogP contribution in [0.1, 0.15) is 40.4 Å². The van der Waals surface area contributed by atoms with Gasteiger partial charge in [0.25, 0.3) is 11.6 Å². The Bertz CT molecular complexity index is 1210. The SMILES string of the molecule is CN(Cc1ccc(F)cc1)C(=O)c1cc(C2CC2)nc2onc(-c3ccccc3)c12. The maximum atomic E-state index is 13.5. The van der Waals surface area contributed by atoms with Crippen LogP contribution in [0, 0.1) is 5.82 Å². The summed E-state index contributed by atoms with van der Waals surface area (Å²) in [6.45, 7) is 0.369. The van der Waals surface area contributed by atoms with Crippen molar-refractivity contribution in [2.75, 3.05) is 7.05 Å². The Morgan fingerprint density at radius 2 is 1.87 bits per heavy atom. The van der Waals surface area contributed by atoms with E-state index in [0.717, 1.165) is 29.7 Å². The van der Waals surface area contributed by atoms with Crippen molar-refractivity contribution in [1.29, 1.82) is 0 Å². The lowest BCUT2D eigenvalue weighted by molar-refractivity contribution is 0.0787. The molecule has 1 saturated carbocycles. The molecule has 0 N–H and O–H groups in total. The highest BCUT2D eigenvalue weighted by atomic mass is 19.1. The van der Waals surface area contributed by atoms with E-state index in [0.29, 0.717) is 34.8 Å². The van der Waals surface area contributed by atoms with Crippen LogP contribution < -0.4 is 0 Å². The number of rotatable bonds is 5. The predicted molar refractivity (Wildman–Crippen MR) is 111 cm³/mol. The van der Waals surface area contributed by atoms with E-state index in [1.807, 2.05) is 36.4 Å². The van der Waals surface area contributed by atoms with Gasteiger partial charge in [0.2, 0.25) is 0 Å². The smallest absolute Gasteiger partial charge is 0.259 e. The first-order valence-corrected chi connectivity index (χ1v) is 9.96. The predicted octanol–water partition coefficient (Wildman–Crippen LogP) is 5.18. The topological polar surface area (TPSA) is 59.2 Å². The Balaban J connectivity index is 1.58. The molecule has 1 amide bonds. The van der Waals surface area contributed by atoms with Crippen molar-refractivity contribution in [1.82, 2.24) is 15.0 Å². The summed E-state index contributed by atoms with van der Waals surface area (Å²) in [5, 5.41) is 4.86. The molecule has 2 aromatic heterocycles. The van der Waals surface area contributed by atoms with Gasteiger partial charge < -0.3 is 9.42 Å². The zero-order chi connectivity index (χ0) is 20.7. The van der Waals surface area contributed by atoms with Crippen molar-refractivity contribution >= 4 is 17.0 Å². The van der Waals surface area contributed by atoms with Crippen LogP contribution >= 0.6 is 0 Å². The molecule has 0 aliphatic heterocycles. The fourth-order valence-corrected chi connectivity index (χ4v) is 3.66. The molecule has 0 radical (unpaired) electrons. The van der Waals surface area contributed by atoms with Gasteiger partial charge in [-0.15, -0.1) is 0 Å². The van der Waals surface area contributed by atoms with Gasteiger partial charge in [-0.3, -0.25) is 4.79 Å². The molecule has 0 bridgehead atoms. The minimum absolute atomic E-state index is 0.144. The van der Waals surface area contributed by atoms with Gasteiger partial charge in [-0.2, -0.15) is 0 Å². The summed E-state index contributed by atoms with van der Waals surface area (Å²) in [6.07, 6.45) is 2.13. The molecule has 0 unspecified atom stereocenters. The van der Waals surface area contributed by atoms with E-state index in [9.17, 15) is 9.18 Å². The molecule has 150 valence electrons. The molecular weight excluding hydrogens is 381 g/mol. The van der Waals surface area contributed by atoms with Gasteiger partial charge in [0.15, 0.2) is 0 Å². The zero-order valence-electron chi connectivity index (χ0n) is 16.5. The largest absolute Gasteiger partial charge is 0.337 e. The second kappa shape index (κ2) is 7.37. The summed E-state index contributed by atoms with van der Waals surface area (Å²) < 4.78 is 18.8. The van der Waals surface area contributed by atoms with Crippen molar-refractivity contribution in [2.45, 2.75) is 25.3 Å². The zero-order valence-corrected chi connectivity index (χ0v) is 16.5. The molecule has 4 aromatic rings. The number of fused-ring (bicyclic) bond motifs is 1. The molecule has 1 fully saturated rings. The molecule has 1 aliphatic rings. The van der Waals surface area contributed by atoms with E-state index in [4.69, 9.17) is 4.52 Å². The van der Waals surface area contributed by atoms with Crippen molar-refractivity contribution in [2.24, 2.45) is 0 Å². The summed E-state index contributed by atoms with van der Waals surface area (Å²) in [4.78, 5) is 19.7. The Hall–Kier alpha value is -3.54. The molecule has 5 nitrogen and oxygen atoms in total. The molecule has 0 saturated heterocycles. The third-order valence-electron chi connectivity index (χ3n) is 5.42. The number of hydrogen-bond acceptors (Lipinski definition) is 4. The van der Waals surface area contributed by atoms with Crippen LogP contribution in [0.25, 0.3) is 22.4 Å². The summed E-state index contributed by atoms with van der Waals surface area (Å²) in [5.74, 6) is -0.0720. The van der Waals surface area contributed by atoms with E-state index in [-0.39, 0.29) is 11.7 Å². The minimum atomic E-state index is -0.297. The Kier molecular flexibility index (Phi) is 4.54. The lowest BCUT2D eigenvalue weighted by Gasteiger charge is -2.18. The summed E-state index contributed by atoms with van der Waals surface area (Å²) in [6, 6.07) is 17.7. The third kappa shape index (κ3) is 3.45. The minimum Gasteiger partial charge on any atom is -0.337 e. The molecule has 0 spiro atoms. The van der Waals surface area contributed by atoms with Crippen LogP contribution in [0.3, 0.4) is 0 Å². The number of halogens is 1. The van der Waals surface area contributed by atoms with Crippen molar-refractivity contribution in [3.8, 4) is 11.3 Å². The molecule has 6 heteroatoms. The lowest BCUT2D eigenvalue weighted by atomic mass is 10.0. The molecule has 1 aliphatic carbocycles. The van der Waals surface area contributed by atoms with Crippen molar-refractivity contribution in [3.63, 3.8) is 0 Å². The molecule has 2 heterocycles. The first-order valence-electron chi connectivity index (χ1n) is 9.96. The number of carbonyl (C=O) groups excluding carboxylic acids is 1. The summed E-state index contributed by atoms with van der Waals surface area (Å²) >= 11 is 0. The highest BCUT2D eigenvalue weighted by Crippen LogP contribution is 2.41. The van der Waals surface area contributed by atoms with Gasteiger partial charge in [0.05, 0.1) is 10.9 Å². The highest BCUT2D eigenvalue weighted by molar-refractivity contribution is 6.09. The van der Waals surface area contributed by atoms with Crippen LogP contribution in [0.4, 0.5) is 4.39 Å². The Morgan fingerprint density at radius 3 is 2.57 bits per heavy atom. The van der Waals surface area contributed by atoms with Crippen molar-refractivity contribution < 1.29 is 13.7 Å². The third-order valence-corrected chi connectivity index (χ3v) is 5.42. The number of hydrogen-bond donors (Lipinski definition) is 0. The number of aromatic nitrogens is 2. The maximum Gasteiger partial charge on any atom is 0.259 e. The number of carbonyl (C=O) groups is 1. The van der Waals surface area contributed by atoms with Gasteiger partial charge in [-0.25, -0.2) is 9.37 Å². The van der Waals surface area contributed by atoms with Crippen LogP contribution in [0.15, 0.2) is 65.2 Å². The van der Waals surface area contributed by atoms with Crippen LogP contribution in [-0.4, -0.2) is 28.0 Å². The first kappa shape index (κ1) is 18.5. The van der Waals surface area contributed by atoms with E-state index in [1.54, 1.807) is 24.1 Å². The van der Waals surface area contributed by atoms with Gasteiger partial charge >= 0.3 is 0 Å². The van der Waals surface area contributed by atoms with Gasteiger partial charge in [-0.05, 0) is 36.6 Å². The summed E-state index contributed by atoms with van der Waals surface area (Å²) in [7, 11) is 1.74. The first-order chi connectivity index (χ1) is 14.6. The average Bonchev–Trinajstić information content (AvgIpc) is 3.54. The second-order valence-corrected chi connectivity index (χ2v) is 7.73. The highest BCUT2D eigenvalue weighted by Gasteiger charge is 2.30. The van der Waals surface area contributed by atoms with Gasteiger partial charge in [0, 0.05) is 30.8 Å². The molecule has 0 atom stereocenters. The fraction of sp³-hybridized carbons (Fsp3) is 0.208. The molecular formula is C24H20FN3O2. The molecule has 30 heavy (non-hydrogen) atoms. The number of nitrogens with zero attached hydrogens (tertiary/aromatic N) is 3. The van der Waals surface area contributed by atoms with E-state index in [1.165, 1.54) is 12.1 Å². The normalized spacial score (nSPS) is 13.5. The van der Waals surface area contributed by atoms with Crippen LogP contribution in [0.5, 0.6) is 0 Å². The van der Waals surface area contributed by atoms with Gasteiger partial charge in [-0.1, -0.05) is 47.6 Å². The van der Waals surface area contributed by atoms with E-state index < -0.39 is 0 Å². The Labute approximate surface area is 173 Å². The quantitative estimate of drug-likeness (QED) is 0.462. The maximum absolute atomic E-state index is 13.5. The Morgan fingerprint density at radius 1 is 1.13 bits per heavy atom. The number of benzene rings is 2. The van der Waals surface area contributed by atoms with E-state index >= 15 is 0 Å². The standard InChI is InChI=1S/C24H20FN3O2/c1-28(14-15-7-11-18(25)12-8-15)24(29)19-13-20(16-9-10-16)26-23-21(19)22(27-30-23)17-5-3-2-4-6-17/h2-8,11-13,16H,9-10,14H2,1H3. The van der Waals surface area contributed by atoms with Gasteiger partial charge in [0.1, 0.15) is 11.5 Å². The number of amides is 1. The van der Waals surface area contributed by atoms with Crippen LogP contribution in [-0.2, 0) is 6.54 Å². The second-order valence-electron chi connectivity index (χ2n) is 7.73. The lowest BCUT2D eigenvalue weighted by Crippen LogP contribution is -2.26. The van der Waals surface area contributed by atoms with Crippen LogP contribution in [0.2, 0.25) is 0 Å². The van der Waals surface area contributed by atoms with E-state index in [2.05, 4.69) is 10.1 Å². The fourth-order valence-electron chi connectivity index (χ4n) is 3.66. The van der Waals surface area contributed by atoms with Crippen molar-refractivity contribution in [3.05, 3.63) is 83.3 Å². The average molecular weight is 401 g/mol. The molecule has 2 aromatic carbocycles. The summed E-state index contributed by atoms with van der Waals surface area (Å²) in [5.41, 5.74) is 4.13.